The van der Waals surface area contributed by atoms with Gasteiger partial charge in [0.15, 0.2) is 0 Å². The van der Waals surface area contributed by atoms with Crippen molar-refractivity contribution in [1.82, 2.24) is 5.01 Å². The van der Waals surface area contributed by atoms with Gasteiger partial charge in [-0.3, -0.25) is 0 Å². The van der Waals surface area contributed by atoms with Gasteiger partial charge in [-0.05, 0) is 72.3 Å². The van der Waals surface area contributed by atoms with Crippen LogP contribution in [0.15, 0.2) is 107 Å². The van der Waals surface area contributed by atoms with Gasteiger partial charge in [0.25, 0.3) is 0 Å². The van der Waals surface area contributed by atoms with E-state index in [4.69, 9.17) is 26.2 Å². The maximum Gasteiger partial charge on any atom is 0.343 e. The number of carbonyl (C=O) groups excluding carboxylic acids is 1. The minimum absolute atomic E-state index is 0.0561. The molecular weight excluding hydrogens is 540 g/mol. The van der Waals surface area contributed by atoms with E-state index in [0.29, 0.717) is 16.3 Å². The van der Waals surface area contributed by atoms with E-state index in [-0.39, 0.29) is 6.04 Å². The number of nitrogens with zero attached hydrogens (tertiary/aromatic N) is 2. The smallest absolute Gasteiger partial charge is 0.343 e. The van der Waals surface area contributed by atoms with Gasteiger partial charge in [-0.2, -0.15) is 5.10 Å². The van der Waals surface area contributed by atoms with Gasteiger partial charge in [0.2, 0.25) is 6.23 Å². The molecule has 2 atom stereocenters. The molecule has 0 fully saturated rings. The van der Waals surface area contributed by atoms with E-state index in [1.54, 1.807) is 24.3 Å². The highest BCUT2D eigenvalue weighted by Gasteiger charge is 2.40. The fourth-order valence-electron chi connectivity index (χ4n) is 4.52. The van der Waals surface area contributed by atoms with Gasteiger partial charge in [0.05, 0.1) is 17.3 Å². The largest absolute Gasteiger partial charge is 0.464 e. The lowest BCUT2D eigenvalue weighted by atomic mass is 9.96. The third-order valence-corrected chi connectivity index (χ3v) is 7.11. The van der Waals surface area contributed by atoms with E-state index in [1.165, 1.54) is 0 Å². The molecule has 5 nitrogen and oxygen atoms in total. The Kier molecular flexibility index (Phi) is 5.99. The Balaban J connectivity index is 1.28. The zero-order valence-electron chi connectivity index (χ0n) is 19.0. The van der Waals surface area contributed by atoms with Gasteiger partial charge in [0, 0.05) is 27.0 Å². The number of carbonyl (C=O) groups is 1. The summed E-state index contributed by atoms with van der Waals surface area (Å²) in [4.78, 5) is 12.5. The van der Waals surface area contributed by atoms with Crippen molar-refractivity contribution in [2.24, 2.45) is 5.10 Å². The van der Waals surface area contributed by atoms with Crippen LogP contribution >= 0.6 is 27.5 Å². The molecule has 2 heterocycles. The summed E-state index contributed by atoms with van der Waals surface area (Å²) in [6.45, 7) is 0. The molecule has 178 valence electrons. The molecule has 0 N–H and O–H groups in total. The Morgan fingerprint density at radius 2 is 1.67 bits per heavy atom. The maximum absolute atomic E-state index is 12.5. The Morgan fingerprint density at radius 3 is 2.42 bits per heavy atom. The normalized spacial score (nSPS) is 18.1. The zero-order valence-corrected chi connectivity index (χ0v) is 21.3. The molecule has 0 saturated heterocycles. The lowest BCUT2D eigenvalue weighted by molar-refractivity contribution is -0.0190. The standard InChI is InChI=1S/C29H20BrClN2O3/c30-21-11-5-20(6-12-21)29(34)35-23-15-9-19(10-16-23)28-33-26(24-3-1-2-4-27(24)36-28)17-25(32-33)18-7-13-22(31)14-8-18/h1-16,26,28H,17H2/t26-,28+/m1/s1. The fourth-order valence-corrected chi connectivity index (χ4v) is 4.91. The van der Waals surface area contributed by atoms with Crippen LogP contribution in [0.3, 0.4) is 0 Å². The molecule has 36 heavy (non-hydrogen) atoms. The highest BCUT2D eigenvalue weighted by molar-refractivity contribution is 9.10. The number of esters is 1. The third kappa shape index (κ3) is 4.38. The number of hydrogen-bond acceptors (Lipinski definition) is 5. The molecular formula is C29H20BrClN2O3. The van der Waals surface area contributed by atoms with E-state index in [9.17, 15) is 4.79 Å². The van der Waals surface area contributed by atoms with Crippen LogP contribution in [0.25, 0.3) is 0 Å². The molecule has 0 unspecified atom stereocenters. The number of ether oxygens (including phenoxy) is 2. The minimum atomic E-state index is -0.411. The van der Waals surface area contributed by atoms with Crippen molar-refractivity contribution in [3.05, 3.63) is 129 Å². The summed E-state index contributed by atoms with van der Waals surface area (Å²) in [6, 6.07) is 30.3. The SMILES string of the molecule is O=C(Oc1ccc([C@@H]2Oc3ccccc3[C@H]3CC(c4ccc(Cl)cc4)=NN32)cc1)c1ccc(Br)cc1. The molecule has 0 saturated carbocycles. The number of hydrogen-bond donors (Lipinski definition) is 0. The molecule has 2 aliphatic rings. The van der Waals surface area contributed by atoms with E-state index < -0.39 is 12.2 Å². The van der Waals surface area contributed by atoms with E-state index >= 15 is 0 Å². The number of rotatable bonds is 4. The Hall–Kier alpha value is -3.61. The predicted molar refractivity (Wildman–Crippen MR) is 143 cm³/mol. The first kappa shape index (κ1) is 22.8. The Labute approximate surface area is 222 Å². The van der Waals surface area contributed by atoms with Crippen molar-refractivity contribution in [3.63, 3.8) is 0 Å². The van der Waals surface area contributed by atoms with Crippen LogP contribution in [0.4, 0.5) is 0 Å². The zero-order chi connectivity index (χ0) is 24.6. The molecule has 2 aliphatic heterocycles. The summed E-state index contributed by atoms with van der Waals surface area (Å²) >= 11 is 9.47. The fraction of sp³-hybridized carbons (Fsp3) is 0.103. The van der Waals surface area contributed by atoms with Crippen LogP contribution in [0.1, 0.15) is 45.7 Å². The molecule has 0 aromatic heterocycles. The van der Waals surface area contributed by atoms with E-state index in [2.05, 4.69) is 22.0 Å². The summed E-state index contributed by atoms with van der Waals surface area (Å²) in [5, 5.41) is 7.70. The van der Waals surface area contributed by atoms with Crippen molar-refractivity contribution in [3.8, 4) is 11.5 Å². The van der Waals surface area contributed by atoms with Gasteiger partial charge in [-0.25, -0.2) is 9.80 Å². The van der Waals surface area contributed by atoms with Crippen molar-refractivity contribution >= 4 is 39.2 Å². The van der Waals surface area contributed by atoms with Crippen LogP contribution in [0.5, 0.6) is 11.5 Å². The Morgan fingerprint density at radius 1 is 0.944 bits per heavy atom. The second-order valence-corrected chi connectivity index (χ2v) is 9.98. The van der Waals surface area contributed by atoms with Crippen LogP contribution in [0, 0.1) is 0 Å². The Bertz CT molecular complexity index is 1450. The average molecular weight is 560 g/mol. The molecule has 4 aromatic carbocycles. The second kappa shape index (κ2) is 9.45. The molecule has 0 bridgehead atoms. The van der Waals surface area contributed by atoms with Crippen molar-refractivity contribution < 1.29 is 14.3 Å². The lowest BCUT2D eigenvalue weighted by Crippen LogP contribution is -2.33. The summed E-state index contributed by atoms with van der Waals surface area (Å²) in [7, 11) is 0. The number of hydrazone groups is 1. The second-order valence-electron chi connectivity index (χ2n) is 8.63. The number of benzene rings is 4. The van der Waals surface area contributed by atoms with Crippen LogP contribution in [-0.2, 0) is 0 Å². The molecule has 6 rings (SSSR count). The van der Waals surface area contributed by atoms with Crippen molar-refractivity contribution in [2.45, 2.75) is 18.7 Å². The van der Waals surface area contributed by atoms with Gasteiger partial charge in [0.1, 0.15) is 11.5 Å². The maximum atomic E-state index is 12.5. The van der Waals surface area contributed by atoms with Gasteiger partial charge >= 0.3 is 5.97 Å². The quantitative estimate of drug-likeness (QED) is 0.191. The molecule has 0 radical (unpaired) electrons. The highest BCUT2D eigenvalue weighted by Crippen LogP contribution is 2.47. The molecule has 0 amide bonds. The first-order valence-electron chi connectivity index (χ1n) is 11.5. The summed E-state index contributed by atoms with van der Waals surface area (Å²) in [6.07, 6.45) is 0.354. The summed E-state index contributed by atoms with van der Waals surface area (Å²) in [5.74, 6) is 0.906. The topological polar surface area (TPSA) is 51.1 Å². The lowest BCUT2D eigenvalue weighted by Gasteiger charge is -2.38. The van der Waals surface area contributed by atoms with Gasteiger partial charge < -0.3 is 9.47 Å². The number of para-hydroxylation sites is 1. The third-order valence-electron chi connectivity index (χ3n) is 6.33. The molecule has 4 aromatic rings. The van der Waals surface area contributed by atoms with Crippen LogP contribution < -0.4 is 9.47 Å². The molecule has 0 aliphatic carbocycles. The first-order valence-corrected chi connectivity index (χ1v) is 12.7. The highest BCUT2D eigenvalue weighted by atomic mass is 79.9. The van der Waals surface area contributed by atoms with Gasteiger partial charge in [-0.1, -0.05) is 57.9 Å². The molecule has 0 spiro atoms. The van der Waals surface area contributed by atoms with E-state index in [0.717, 1.165) is 39.0 Å². The van der Waals surface area contributed by atoms with Crippen molar-refractivity contribution in [1.29, 1.82) is 0 Å². The summed E-state index contributed by atoms with van der Waals surface area (Å²) < 4.78 is 12.9. The monoisotopic (exact) mass is 558 g/mol. The first-order chi connectivity index (χ1) is 17.5. The van der Waals surface area contributed by atoms with Crippen molar-refractivity contribution in [2.75, 3.05) is 0 Å². The number of halogens is 2. The molecule has 7 heteroatoms. The van der Waals surface area contributed by atoms with E-state index in [1.807, 2.05) is 71.7 Å². The van der Waals surface area contributed by atoms with Crippen LogP contribution in [-0.4, -0.2) is 16.7 Å². The van der Waals surface area contributed by atoms with Gasteiger partial charge in [-0.15, -0.1) is 0 Å². The average Bonchev–Trinajstić information content (AvgIpc) is 3.35. The minimum Gasteiger partial charge on any atom is -0.464 e. The van der Waals surface area contributed by atoms with Crippen LogP contribution in [0.2, 0.25) is 5.02 Å². The predicted octanol–water partition coefficient (Wildman–Crippen LogP) is 7.56. The summed E-state index contributed by atoms with van der Waals surface area (Å²) in [5.41, 5.74) is 4.54. The number of fused-ring (bicyclic) bond motifs is 3.